The van der Waals surface area contributed by atoms with Gasteiger partial charge in [-0.05, 0) is 18.6 Å². The lowest BCUT2D eigenvalue weighted by molar-refractivity contribution is -0.384. The summed E-state index contributed by atoms with van der Waals surface area (Å²) in [5.41, 5.74) is 6.82. The fourth-order valence-electron chi connectivity index (χ4n) is 1.92. The first-order valence-corrected chi connectivity index (χ1v) is 6.95. The van der Waals surface area contributed by atoms with Crippen LogP contribution >= 0.6 is 15.9 Å². The van der Waals surface area contributed by atoms with E-state index in [4.69, 9.17) is 5.73 Å². The average molecular weight is 339 g/mol. The maximum Gasteiger partial charge on any atom is 0.270 e. The van der Waals surface area contributed by atoms with Gasteiger partial charge >= 0.3 is 0 Å². The Bertz CT molecular complexity index is 625. The van der Waals surface area contributed by atoms with E-state index >= 15 is 0 Å². The number of hydrogen-bond donors (Lipinski definition) is 1. The first kappa shape index (κ1) is 14.7. The molecule has 2 rings (SSSR count). The third-order valence-corrected chi connectivity index (χ3v) is 3.63. The number of nitro groups is 1. The number of halogens is 1. The van der Waals surface area contributed by atoms with Gasteiger partial charge in [-0.3, -0.25) is 10.1 Å². The molecule has 6 nitrogen and oxygen atoms in total. The molecule has 0 radical (unpaired) electrons. The minimum atomic E-state index is -0.409. The predicted octanol–water partition coefficient (Wildman–Crippen LogP) is 2.49. The molecule has 0 spiro atoms. The molecule has 1 aromatic carbocycles. The number of non-ortho nitro benzene ring substituents is 1. The molecule has 0 bridgehead atoms. The average Bonchev–Trinajstić information content (AvgIpc) is 2.78. The van der Waals surface area contributed by atoms with Gasteiger partial charge in [0.05, 0.1) is 4.92 Å². The van der Waals surface area contributed by atoms with Crippen molar-refractivity contribution in [3.05, 3.63) is 56.6 Å². The molecule has 7 heteroatoms. The quantitative estimate of drug-likeness (QED) is 0.670. The van der Waals surface area contributed by atoms with Gasteiger partial charge in [0, 0.05) is 48.0 Å². The molecule has 1 unspecified atom stereocenters. The van der Waals surface area contributed by atoms with Crippen LogP contribution in [0.3, 0.4) is 0 Å². The number of rotatable bonds is 5. The molecule has 106 valence electrons. The number of aromatic nitrogens is 2. The van der Waals surface area contributed by atoms with Crippen molar-refractivity contribution in [3.63, 3.8) is 0 Å². The van der Waals surface area contributed by atoms with Crippen LogP contribution in [0.25, 0.3) is 0 Å². The highest BCUT2D eigenvalue weighted by molar-refractivity contribution is 9.10. The number of imidazole rings is 1. The lowest BCUT2D eigenvalue weighted by atomic mass is 10.2. The van der Waals surface area contributed by atoms with Crippen molar-refractivity contribution in [2.45, 2.75) is 25.9 Å². The second-order valence-corrected chi connectivity index (χ2v) is 5.54. The largest absolute Gasteiger partial charge is 0.330 e. The number of hydrogen-bond acceptors (Lipinski definition) is 4. The molecule has 1 heterocycles. The summed E-state index contributed by atoms with van der Waals surface area (Å²) in [4.78, 5) is 14.6. The molecule has 0 saturated heterocycles. The fraction of sp³-hybridized carbons (Fsp3) is 0.308. The van der Waals surface area contributed by atoms with E-state index in [2.05, 4.69) is 20.9 Å². The zero-order valence-electron chi connectivity index (χ0n) is 11.0. The summed E-state index contributed by atoms with van der Waals surface area (Å²) in [5.74, 6) is 0.908. The summed E-state index contributed by atoms with van der Waals surface area (Å²) < 4.78 is 2.71. The third kappa shape index (κ3) is 3.43. The van der Waals surface area contributed by atoms with Crippen LogP contribution < -0.4 is 5.73 Å². The predicted molar refractivity (Wildman–Crippen MR) is 79.5 cm³/mol. The molecule has 1 atom stereocenters. The van der Waals surface area contributed by atoms with E-state index in [1.807, 2.05) is 17.7 Å². The van der Waals surface area contributed by atoms with Gasteiger partial charge in [-0.2, -0.15) is 0 Å². The second kappa shape index (κ2) is 6.15. The molecule has 0 saturated carbocycles. The molecule has 20 heavy (non-hydrogen) atoms. The SMILES string of the molecule is CC(N)Cc1nccn1Cc1ccc([N+](=O)[O-])cc1Br. The Morgan fingerprint density at radius 2 is 2.30 bits per heavy atom. The van der Waals surface area contributed by atoms with Gasteiger partial charge in [-0.25, -0.2) is 4.98 Å². The van der Waals surface area contributed by atoms with Crippen molar-refractivity contribution in [2.24, 2.45) is 5.73 Å². The highest BCUT2D eigenvalue weighted by atomic mass is 79.9. The van der Waals surface area contributed by atoms with E-state index in [1.54, 1.807) is 12.3 Å². The summed E-state index contributed by atoms with van der Waals surface area (Å²) in [5, 5.41) is 10.7. The van der Waals surface area contributed by atoms with Crippen molar-refractivity contribution < 1.29 is 4.92 Å². The lowest BCUT2D eigenvalue weighted by Crippen LogP contribution is -2.20. The maximum atomic E-state index is 10.7. The van der Waals surface area contributed by atoms with Gasteiger partial charge < -0.3 is 10.3 Å². The number of nitrogens with two attached hydrogens (primary N) is 1. The van der Waals surface area contributed by atoms with E-state index in [9.17, 15) is 10.1 Å². The molecular formula is C13H15BrN4O2. The van der Waals surface area contributed by atoms with Crippen LogP contribution in [0.2, 0.25) is 0 Å². The Morgan fingerprint density at radius 1 is 1.55 bits per heavy atom. The zero-order valence-corrected chi connectivity index (χ0v) is 12.6. The highest BCUT2D eigenvalue weighted by Gasteiger charge is 2.11. The summed E-state index contributed by atoms with van der Waals surface area (Å²) in [6, 6.07) is 4.80. The van der Waals surface area contributed by atoms with Crippen molar-refractivity contribution in [1.29, 1.82) is 0 Å². The first-order valence-electron chi connectivity index (χ1n) is 6.15. The normalized spacial score (nSPS) is 12.3. The Kier molecular flexibility index (Phi) is 4.51. The summed E-state index contributed by atoms with van der Waals surface area (Å²) in [6.07, 6.45) is 4.31. The van der Waals surface area contributed by atoms with E-state index in [0.29, 0.717) is 17.4 Å². The molecule has 2 aromatic rings. The molecule has 0 aliphatic rings. The van der Waals surface area contributed by atoms with E-state index in [-0.39, 0.29) is 11.7 Å². The van der Waals surface area contributed by atoms with Crippen LogP contribution in [0.5, 0.6) is 0 Å². The molecule has 2 N–H and O–H groups in total. The topological polar surface area (TPSA) is 87.0 Å². The molecule has 0 aliphatic heterocycles. The molecule has 1 aromatic heterocycles. The van der Waals surface area contributed by atoms with Gasteiger partial charge in [-0.1, -0.05) is 15.9 Å². The van der Waals surface area contributed by atoms with E-state index < -0.39 is 4.92 Å². The number of nitrogens with zero attached hydrogens (tertiary/aromatic N) is 3. The number of nitro benzene ring substituents is 1. The van der Waals surface area contributed by atoms with Gasteiger partial charge in [0.15, 0.2) is 0 Å². The van der Waals surface area contributed by atoms with Crippen molar-refractivity contribution in [1.82, 2.24) is 9.55 Å². The fourth-order valence-corrected chi connectivity index (χ4v) is 2.42. The summed E-state index contributed by atoms with van der Waals surface area (Å²) in [7, 11) is 0. The van der Waals surface area contributed by atoms with Gasteiger partial charge in [-0.15, -0.1) is 0 Å². The Morgan fingerprint density at radius 3 is 2.90 bits per heavy atom. The third-order valence-electron chi connectivity index (χ3n) is 2.89. The van der Waals surface area contributed by atoms with Crippen molar-refractivity contribution in [3.8, 4) is 0 Å². The highest BCUT2D eigenvalue weighted by Crippen LogP contribution is 2.24. The summed E-state index contributed by atoms with van der Waals surface area (Å²) >= 11 is 3.37. The Balaban J connectivity index is 2.22. The van der Waals surface area contributed by atoms with Crippen molar-refractivity contribution in [2.75, 3.05) is 0 Å². The van der Waals surface area contributed by atoms with Crippen LogP contribution in [0, 0.1) is 10.1 Å². The minimum Gasteiger partial charge on any atom is -0.330 e. The van der Waals surface area contributed by atoms with Gasteiger partial charge in [0.1, 0.15) is 5.82 Å². The standard InChI is InChI=1S/C13H15BrN4O2/c1-9(15)6-13-16-4-5-17(13)8-10-2-3-11(18(19)20)7-12(10)14/h2-5,7,9H,6,8,15H2,1H3. The minimum absolute atomic E-state index is 0.0384. The molecule has 0 aliphatic carbocycles. The number of benzene rings is 1. The van der Waals surface area contributed by atoms with Gasteiger partial charge in [0.2, 0.25) is 0 Å². The lowest BCUT2D eigenvalue weighted by Gasteiger charge is -2.11. The van der Waals surface area contributed by atoms with E-state index in [0.717, 1.165) is 11.4 Å². The van der Waals surface area contributed by atoms with Crippen LogP contribution in [0.15, 0.2) is 35.1 Å². The van der Waals surface area contributed by atoms with Crippen LogP contribution in [-0.2, 0) is 13.0 Å². The second-order valence-electron chi connectivity index (χ2n) is 4.69. The maximum absolute atomic E-state index is 10.7. The Hall–Kier alpha value is -1.73. The van der Waals surface area contributed by atoms with Crippen LogP contribution in [0.1, 0.15) is 18.3 Å². The Labute approximate surface area is 124 Å². The molecular weight excluding hydrogens is 324 g/mol. The summed E-state index contributed by atoms with van der Waals surface area (Å²) in [6.45, 7) is 2.53. The monoisotopic (exact) mass is 338 g/mol. The van der Waals surface area contributed by atoms with Gasteiger partial charge in [0.25, 0.3) is 5.69 Å². The van der Waals surface area contributed by atoms with E-state index in [1.165, 1.54) is 12.1 Å². The molecule has 0 amide bonds. The molecule has 0 fully saturated rings. The first-order chi connectivity index (χ1) is 9.47. The van der Waals surface area contributed by atoms with Crippen LogP contribution in [0.4, 0.5) is 5.69 Å². The smallest absolute Gasteiger partial charge is 0.270 e. The van der Waals surface area contributed by atoms with Crippen molar-refractivity contribution >= 4 is 21.6 Å². The van der Waals surface area contributed by atoms with Crippen LogP contribution in [-0.4, -0.2) is 20.5 Å². The zero-order chi connectivity index (χ0) is 14.7.